The summed E-state index contributed by atoms with van der Waals surface area (Å²) in [5, 5.41) is 22.9. The number of nitriles is 1. The van der Waals surface area contributed by atoms with Crippen LogP contribution in [-0.2, 0) is 6.42 Å². The van der Waals surface area contributed by atoms with Gasteiger partial charge in [-0.15, -0.1) is 0 Å². The van der Waals surface area contributed by atoms with Gasteiger partial charge < -0.3 is 15.2 Å². The van der Waals surface area contributed by atoms with E-state index >= 15 is 0 Å². The molecule has 1 aliphatic rings. The molecule has 28 heavy (non-hydrogen) atoms. The molecule has 1 aliphatic carbocycles. The number of aliphatic hydroxyl groups is 1. The zero-order chi connectivity index (χ0) is 20.3. The number of fused-ring (bicyclic) bond motifs is 1. The molecule has 0 radical (unpaired) electrons. The molecule has 0 saturated carbocycles. The molecule has 144 valence electrons. The zero-order valence-electron chi connectivity index (χ0n) is 16.5. The van der Waals surface area contributed by atoms with E-state index in [0.29, 0.717) is 22.8 Å². The van der Waals surface area contributed by atoms with Gasteiger partial charge in [-0.25, -0.2) is 0 Å². The maximum absolute atomic E-state index is 10.1. The van der Waals surface area contributed by atoms with Gasteiger partial charge in [0.2, 0.25) is 0 Å². The Hall–Kier alpha value is -3.10. The van der Waals surface area contributed by atoms with Crippen LogP contribution in [0.1, 0.15) is 54.2 Å². The van der Waals surface area contributed by atoms with Crippen molar-refractivity contribution in [2.24, 2.45) is 4.99 Å². The summed E-state index contributed by atoms with van der Waals surface area (Å²) in [7, 11) is 1.72. The van der Waals surface area contributed by atoms with E-state index in [2.05, 4.69) is 23.0 Å². The van der Waals surface area contributed by atoms with Crippen LogP contribution in [0.2, 0.25) is 0 Å². The summed E-state index contributed by atoms with van der Waals surface area (Å²) in [4.78, 5) is 4.40. The molecule has 0 heterocycles. The minimum Gasteiger partial charge on any atom is -0.490 e. The number of amidine groups is 1. The van der Waals surface area contributed by atoms with Gasteiger partial charge in [0.15, 0.2) is 0 Å². The topological polar surface area (TPSA) is 77.6 Å². The summed E-state index contributed by atoms with van der Waals surface area (Å²) in [6, 6.07) is 13.5. The first-order chi connectivity index (χ1) is 13.4. The lowest BCUT2D eigenvalue weighted by Gasteiger charge is -2.17. The molecule has 1 atom stereocenters. The first-order valence-corrected chi connectivity index (χ1v) is 9.38. The predicted molar refractivity (Wildman–Crippen MR) is 111 cm³/mol. The highest BCUT2D eigenvalue weighted by molar-refractivity contribution is 6.04. The molecule has 0 bridgehead atoms. The quantitative estimate of drug-likeness (QED) is 0.612. The largest absolute Gasteiger partial charge is 0.490 e. The molecule has 2 aromatic rings. The highest BCUT2D eigenvalue weighted by Gasteiger charge is 2.24. The van der Waals surface area contributed by atoms with E-state index in [9.17, 15) is 10.4 Å². The molecular formula is C23H25N3O2. The number of aliphatic hydroxyl groups excluding tert-OH is 1. The van der Waals surface area contributed by atoms with Crippen molar-refractivity contribution in [3.63, 3.8) is 0 Å². The van der Waals surface area contributed by atoms with E-state index in [4.69, 9.17) is 4.74 Å². The fraction of sp³-hybridized carbons (Fsp3) is 0.304. The smallest absolute Gasteiger partial charge is 0.137 e. The maximum Gasteiger partial charge on any atom is 0.137 e. The summed E-state index contributed by atoms with van der Waals surface area (Å²) < 4.78 is 5.68. The highest BCUT2D eigenvalue weighted by Crippen LogP contribution is 2.33. The van der Waals surface area contributed by atoms with E-state index in [0.717, 1.165) is 35.1 Å². The molecule has 0 saturated heterocycles. The molecule has 0 aromatic heterocycles. The van der Waals surface area contributed by atoms with Gasteiger partial charge >= 0.3 is 0 Å². The summed E-state index contributed by atoms with van der Waals surface area (Å²) in [6.07, 6.45) is 1.13. The average molecular weight is 375 g/mol. The van der Waals surface area contributed by atoms with Gasteiger partial charge in [0.25, 0.3) is 0 Å². The van der Waals surface area contributed by atoms with E-state index in [1.54, 1.807) is 19.2 Å². The second kappa shape index (κ2) is 8.28. The van der Waals surface area contributed by atoms with Crippen LogP contribution in [0.3, 0.4) is 0 Å². The average Bonchev–Trinajstić information content (AvgIpc) is 3.07. The summed E-state index contributed by atoms with van der Waals surface area (Å²) >= 11 is 0. The van der Waals surface area contributed by atoms with Gasteiger partial charge in [0.05, 0.1) is 17.8 Å². The van der Waals surface area contributed by atoms with Crippen LogP contribution >= 0.6 is 0 Å². The Balaban J connectivity index is 1.86. The normalized spacial score (nSPS) is 15.9. The lowest BCUT2D eigenvalue weighted by atomic mass is 10.0. The molecular weight excluding hydrogens is 350 g/mol. The number of aliphatic imine (C=N–C) groups is 1. The number of hydrogen-bond donors (Lipinski definition) is 2. The minimum atomic E-state index is -0.414. The van der Waals surface area contributed by atoms with Crippen molar-refractivity contribution in [2.45, 2.75) is 38.9 Å². The molecule has 5 nitrogen and oxygen atoms in total. The molecule has 5 heteroatoms. The van der Waals surface area contributed by atoms with Gasteiger partial charge in [-0.3, -0.25) is 4.99 Å². The third-order valence-electron chi connectivity index (χ3n) is 4.80. The maximum atomic E-state index is 10.1. The number of hydrogen-bond acceptors (Lipinski definition) is 4. The lowest BCUT2D eigenvalue weighted by Crippen LogP contribution is -2.24. The standard InChI is InChI=1S/C23H25N3O2/c1-14(2)28-22-11-8-16(12-17(22)13-24)15(3)26-23(25-4)20-7-5-6-19-18(20)9-10-21(19)27/h5-8,11-12,14,21,27H,3,9-10H2,1-2,4H3,(H,25,26). The molecule has 2 N–H and O–H groups in total. The number of nitrogens with one attached hydrogen (secondary N) is 1. The van der Waals surface area contributed by atoms with E-state index in [1.165, 1.54) is 0 Å². The van der Waals surface area contributed by atoms with Crippen molar-refractivity contribution in [1.82, 2.24) is 5.32 Å². The lowest BCUT2D eigenvalue weighted by molar-refractivity contribution is 0.180. The van der Waals surface area contributed by atoms with E-state index in [-0.39, 0.29) is 6.10 Å². The Kier molecular flexibility index (Phi) is 5.81. The third kappa shape index (κ3) is 3.92. The summed E-state index contributed by atoms with van der Waals surface area (Å²) in [6.45, 7) is 7.97. The third-order valence-corrected chi connectivity index (χ3v) is 4.80. The van der Waals surface area contributed by atoms with Gasteiger partial charge in [-0.1, -0.05) is 24.8 Å². The number of ether oxygens (including phenoxy) is 1. The number of rotatable bonds is 5. The Labute approximate surface area is 166 Å². The van der Waals surface area contributed by atoms with Crippen LogP contribution in [0, 0.1) is 11.3 Å². The van der Waals surface area contributed by atoms with Crippen molar-refractivity contribution in [3.8, 4) is 11.8 Å². The first-order valence-electron chi connectivity index (χ1n) is 9.38. The van der Waals surface area contributed by atoms with Crippen molar-refractivity contribution in [1.29, 1.82) is 5.26 Å². The van der Waals surface area contributed by atoms with Crippen LogP contribution in [0.5, 0.6) is 5.75 Å². The summed E-state index contributed by atoms with van der Waals surface area (Å²) in [5.41, 5.74) is 4.96. The second-order valence-electron chi connectivity index (χ2n) is 7.09. The Bertz CT molecular complexity index is 970. The molecule has 0 aliphatic heterocycles. The van der Waals surface area contributed by atoms with Gasteiger partial charge in [0, 0.05) is 18.3 Å². The SMILES string of the molecule is C=C(NC(=NC)c1cccc2c1CCC2O)c1ccc(OC(C)C)c(C#N)c1. The molecule has 0 spiro atoms. The monoisotopic (exact) mass is 375 g/mol. The summed E-state index contributed by atoms with van der Waals surface area (Å²) in [5.74, 6) is 1.25. The van der Waals surface area contributed by atoms with Crippen LogP contribution in [0.25, 0.3) is 5.70 Å². The van der Waals surface area contributed by atoms with Crippen LogP contribution in [0.15, 0.2) is 48.0 Å². The van der Waals surface area contributed by atoms with Crippen molar-refractivity contribution in [2.75, 3.05) is 7.05 Å². The van der Waals surface area contributed by atoms with Crippen molar-refractivity contribution < 1.29 is 9.84 Å². The Morgan fingerprint density at radius 3 is 2.82 bits per heavy atom. The molecule has 1 unspecified atom stereocenters. The van der Waals surface area contributed by atoms with E-state index < -0.39 is 6.10 Å². The van der Waals surface area contributed by atoms with Crippen LogP contribution in [-0.4, -0.2) is 24.1 Å². The van der Waals surface area contributed by atoms with Crippen LogP contribution < -0.4 is 10.1 Å². The van der Waals surface area contributed by atoms with E-state index in [1.807, 2.05) is 38.1 Å². The molecule has 0 amide bonds. The fourth-order valence-electron chi connectivity index (χ4n) is 3.47. The van der Waals surface area contributed by atoms with Crippen LogP contribution in [0.4, 0.5) is 0 Å². The molecule has 0 fully saturated rings. The first kappa shape index (κ1) is 19.7. The Morgan fingerprint density at radius 1 is 1.36 bits per heavy atom. The molecule has 2 aromatic carbocycles. The number of nitrogens with zero attached hydrogens (tertiary/aromatic N) is 2. The van der Waals surface area contributed by atoms with Crippen molar-refractivity contribution >= 4 is 11.5 Å². The second-order valence-corrected chi connectivity index (χ2v) is 7.09. The predicted octanol–water partition coefficient (Wildman–Crippen LogP) is 3.96. The molecule has 3 rings (SSSR count). The van der Waals surface area contributed by atoms with Gasteiger partial charge in [-0.2, -0.15) is 5.26 Å². The fourth-order valence-corrected chi connectivity index (χ4v) is 3.47. The van der Waals surface area contributed by atoms with Gasteiger partial charge in [0.1, 0.15) is 17.7 Å². The zero-order valence-corrected chi connectivity index (χ0v) is 16.5. The minimum absolute atomic E-state index is 0.00590. The van der Waals surface area contributed by atoms with Gasteiger partial charge in [-0.05, 0) is 61.6 Å². The van der Waals surface area contributed by atoms with Crippen molar-refractivity contribution in [3.05, 3.63) is 70.8 Å². The highest BCUT2D eigenvalue weighted by atomic mass is 16.5. The Morgan fingerprint density at radius 2 is 2.14 bits per heavy atom. The number of benzene rings is 2.